The molecule has 0 unspecified atom stereocenters. The molecule has 1 aliphatic rings. The number of para-hydroxylation sites is 1. The molecule has 0 atom stereocenters. The molecular formula is C55H41N. The molecule has 1 aliphatic carbocycles. The van der Waals surface area contributed by atoms with Gasteiger partial charge < -0.3 is 4.90 Å². The van der Waals surface area contributed by atoms with Gasteiger partial charge in [-0.25, -0.2) is 0 Å². The lowest BCUT2D eigenvalue weighted by molar-refractivity contribution is 0.660. The van der Waals surface area contributed by atoms with Gasteiger partial charge in [0.1, 0.15) is 0 Å². The lowest BCUT2D eigenvalue weighted by Gasteiger charge is -2.28. The van der Waals surface area contributed by atoms with Crippen LogP contribution in [0.5, 0.6) is 0 Å². The Labute approximate surface area is 329 Å². The van der Waals surface area contributed by atoms with Gasteiger partial charge in [0.25, 0.3) is 0 Å². The van der Waals surface area contributed by atoms with Crippen molar-refractivity contribution in [3.8, 4) is 55.6 Å². The van der Waals surface area contributed by atoms with Crippen LogP contribution in [0.2, 0.25) is 0 Å². The van der Waals surface area contributed by atoms with Crippen LogP contribution in [0.4, 0.5) is 17.1 Å². The Kier molecular flexibility index (Phi) is 8.23. The van der Waals surface area contributed by atoms with E-state index in [-0.39, 0.29) is 5.41 Å². The number of fused-ring (bicyclic) bond motifs is 4. The molecule has 266 valence electrons. The summed E-state index contributed by atoms with van der Waals surface area (Å²) in [6.45, 7) is 4.74. The number of rotatable bonds is 7. The van der Waals surface area contributed by atoms with E-state index in [1.807, 2.05) is 0 Å². The highest BCUT2D eigenvalue weighted by atomic mass is 15.1. The summed E-state index contributed by atoms with van der Waals surface area (Å²) in [6.07, 6.45) is 0. The summed E-state index contributed by atoms with van der Waals surface area (Å²) < 4.78 is 0. The summed E-state index contributed by atoms with van der Waals surface area (Å²) in [4.78, 5) is 2.40. The van der Waals surface area contributed by atoms with Crippen molar-refractivity contribution in [3.05, 3.63) is 223 Å². The summed E-state index contributed by atoms with van der Waals surface area (Å²) in [5.41, 5.74) is 18.5. The van der Waals surface area contributed by atoms with Crippen LogP contribution in [0.1, 0.15) is 25.0 Å². The molecular weight excluding hydrogens is 675 g/mol. The summed E-state index contributed by atoms with van der Waals surface area (Å²) in [5, 5.41) is 2.49. The summed E-state index contributed by atoms with van der Waals surface area (Å²) in [7, 11) is 0. The van der Waals surface area contributed by atoms with Crippen LogP contribution in [0, 0.1) is 0 Å². The van der Waals surface area contributed by atoms with Gasteiger partial charge in [0.15, 0.2) is 0 Å². The van der Waals surface area contributed by atoms with Gasteiger partial charge in [-0.3, -0.25) is 0 Å². The smallest absolute Gasteiger partial charge is 0.0465 e. The monoisotopic (exact) mass is 715 g/mol. The van der Waals surface area contributed by atoms with E-state index >= 15 is 0 Å². The molecule has 0 fully saturated rings. The second kappa shape index (κ2) is 13.7. The fraction of sp³-hybridized carbons (Fsp3) is 0.0545. The molecule has 1 heteroatoms. The van der Waals surface area contributed by atoms with E-state index in [4.69, 9.17) is 0 Å². The Morgan fingerprint density at radius 2 is 0.839 bits per heavy atom. The highest BCUT2D eigenvalue weighted by molar-refractivity contribution is 6.07. The lowest BCUT2D eigenvalue weighted by Crippen LogP contribution is -2.16. The Morgan fingerprint density at radius 1 is 0.321 bits per heavy atom. The van der Waals surface area contributed by atoms with E-state index in [1.54, 1.807) is 0 Å². The maximum absolute atomic E-state index is 2.42. The second-order valence-electron chi connectivity index (χ2n) is 15.3. The van der Waals surface area contributed by atoms with Gasteiger partial charge in [0.2, 0.25) is 0 Å². The van der Waals surface area contributed by atoms with Gasteiger partial charge in [-0.2, -0.15) is 0 Å². The molecule has 10 rings (SSSR count). The largest absolute Gasteiger partial charge is 0.310 e. The van der Waals surface area contributed by atoms with E-state index in [0.29, 0.717) is 0 Å². The molecule has 0 saturated carbocycles. The topological polar surface area (TPSA) is 3.24 Å². The molecule has 0 spiro atoms. The molecule has 0 amide bonds. The maximum Gasteiger partial charge on any atom is 0.0465 e. The first-order valence-electron chi connectivity index (χ1n) is 19.5. The van der Waals surface area contributed by atoms with Crippen molar-refractivity contribution >= 4 is 27.8 Å². The average molecular weight is 716 g/mol. The minimum atomic E-state index is -0.153. The summed E-state index contributed by atoms with van der Waals surface area (Å²) >= 11 is 0. The fourth-order valence-electron chi connectivity index (χ4n) is 8.96. The van der Waals surface area contributed by atoms with Gasteiger partial charge in [0, 0.05) is 22.5 Å². The molecule has 9 aromatic rings. The average Bonchev–Trinajstić information content (AvgIpc) is 3.50. The van der Waals surface area contributed by atoms with Gasteiger partial charge in [-0.1, -0.05) is 190 Å². The van der Waals surface area contributed by atoms with E-state index in [0.717, 1.165) is 17.1 Å². The molecule has 1 nitrogen and oxygen atoms in total. The van der Waals surface area contributed by atoms with Gasteiger partial charge in [-0.05, 0) is 114 Å². The van der Waals surface area contributed by atoms with Crippen molar-refractivity contribution in [1.82, 2.24) is 0 Å². The zero-order chi connectivity index (χ0) is 37.6. The van der Waals surface area contributed by atoms with Crippen LogP contribution in [-0.2, 0) is 5.41 Å². The van der Waals surface area contributed by atoms with Crippen molar-refractivity contribution in [1.29, 1.82) is 0 Å². The third kappa shape index (κ3) is 5.63. The van der Waals surface area contributed by atoms with E-state index in [1.165, 1.54) is 77.5 Å². The highest BCUT2D eigenvalue weighted by Crippen LogP contribution is 2.54. The fourth-order valence-corrected chi connectivity index (χ4v) is 8.96. The number of nitrogens with zero attached hydrogens (tertiary/aromatic N) is 1. The summed E-state index contributed by atoms with van der Waals surface area (Å²) in [5.74, 6) is 0. The first kappa shape index (κ1) is 33.6. The van der Waals surface area contributed by atoms with Crippen molar-refractivity contribution in [2.45, 2.75) is 19.3 Å². The SMILES string of the molecule is CC1(C)c2cc(N(c3ccccc3)c3ccc(-c4ccc5ccccc5c4-c4ccccc4-c4ccccc4)cc3)ccc2-c2c(-c3ccccc3)cccc21. The van der Waals surface area contributed by atoms with Crippen molar-refractivity contribution in [3.63, 3.8) is 0 Å². The molecule has 9 aromatic carbocycles. The van der Waals surface area contributed by atoms with Crippen LogP contribution in [0.3, 0.4) is 0 Å². The van der Waals surface area contributed by atoms with Crippen molar-refractivity contribution in [2.75, 3.05) is 4.90 Å². The number of hydrogen-bond donors (Lipinski definition) is 0. The minimum absolute atomic E-state index is 0.153. The molecule has 0 saturated heterocycles. The van der Waals surface area contributed by atoms with Crippen LogP contribution in [0.15, 0.2) is 212 Å². The number of benzene rings is 9. The maximum atomic E-state index is 2.42. The predicted octanol–water partition coefficient (Wildman–Crippen LogP) is 15.3. The molecule has 0 bridgehead atoms. The normalized spacial score (nSPS) is 12.6. The van der Waals surface area contributed by atoms with Gasteiger partial charge >= 0.3 is 0 Å². The quantitative estimate of drug-likeness (QED) is 0.159. The van der Waals surface area contributed by atoms with E-state index in [9.17, 15) is 0 Å². The van der Waals surface area contributed by atoms with Crippen LogP contribution in [-0.4, -0.2) is 0 Å². The van der Waals surface area contributed by atoms with Gasteiger partial charge in [0.05, 0.1) is 0 Å². The standard InChI is InChI=1S/C55H41N/c1-55(2)51-28-16-27-47(39-19-8-4-9-20-39)54(51)50-36-34-44(37-52(50)55)56(42-22-10-5-11-23-42)43-32-29-41(30-33-43)48-35-31-40-21-12-13-25-46(40)53(48)49-26-15-14-24-45(49)38-17-6-3-7-18-38/h3-37H,1-2H3. The van der Waals surface area contributed by atoms with Crippen molar-refractivity contribution < 1.29 is 0 Å². The Hall–Kier alpha value is -6.96. The first-order chi connectivity index (χ1) is 27.6. The highest BCUT2D eigenvalue weighted by Gasteiger charge is 2.37. The molecule has 56 heavy (non-hydrogen) atoms. The number of anilines is 3. The van der Waals surface area contributed by atoms with Crippen LogP contribution >= 0.6 is 0 Å². The molecule has 0 radical (unpaired) electrons. The molecule has 0 N–H and O–H groups in total. The van der Waals surface area contributed by atoms with E-state index < -0.39 is 0 Å². The van der Waals surface area contributed by atoms with E-state index in [2.05, 4.69) is 231 Å². The van der Waals surface area contributed by atoms with Crippen LogP contribution < -0.4 is 4.90 Å². The zero-order valence-corrected chi connectivity index (χ0v) is 31.7. The Balaban J connectivity index is 1.10. The molecule has 0 aliphatic heterocycles. The third-order valence-electron chi connectivity index (χ3n) is 11.7. The molecule has 0 aromatic heterocycles. The predicted molar refractivity (Wildman–Crippen MR) is 238 cm³/mol. The van der Waals surface area contributed by atoms with Gasteiger partial charge in [-0.15, -0.1) is 0 Å². The number of hydrogen-bond acceptors (Lipinski definition) is 1. The third-order valence-corrected chi connectivity index (χ3v) is 11.7. The Bertz CT molecular complexity index is 2850. The molecule has 0 heterocycles. The second-order valence-corrected chi connectivity index (χ2v) is 15.3. The van der Waals surface area contributed by atoms with Crippen molar-refractivity contribution in [2.24, 2.45) is 0 Å². The minimum Gasteiger partial charge on any atom is -0.310 e. The Morgan fingerprint density at radius 3 is 1.57 bits per heavy atom. The summed E-state index contributed by atoms with van der Waals surface area (Å²) in [6, 6.07) is 77.5. The lowest BCUT2D eigenvalue weighted by atomic mass is 9.81. The zero-order valence-electron chi connectivity index (χ0n) is 31.7. The first-order valence-corrected chi connectivity index (χ1v) is 19.5. The van der Waals surface area contributed by atoms with Crippen LogP contribution in [0.25, 0.3) is 66.4 Å².